The van der Waals surface area contributed by atoms with E-state index in [0.717, 1.165) is 11.3 Å². The van der Waals surface area contributed by atoms with Crippen molar-refractivity contribution in [2.75, 3.05) is 24.3 Å². The van der Waals surface area contributed by atoms with E-state index in [0.29, 0.717) is 26.2 Å². The average Bonchev–Trinajstić information content (AvgIpc) is 3.42. The first-order valence-electron chi connectivity index (χ1n) is 10.4. The maximum atomic E-state index is 13.0. The molecule has 0 bridgehead atoms. The molecule has 0 radical (unpaired) electrons. The molecule has 0 aliphatic carbocycles. The molecule has 0 unspecified atom stereocenters. The van der Waals surface area contributed by atoms with Gasteiger partial charge in [0, 0.05) is 21.8 Å². The highest BCUT2D eigenvalue weighted by Gasteiger charge is 2.54. The minimum absolute atomic E-state index is 0.121. The van der Waals surface area contributed by atoms with Crippen LogP contribution in [0.2, 0.25) is 0 Å². The number of aryl methyl sites for hydroxylation is 1. The fourth-order valence-corrected chi connectivity index (χ4v) is 7.87. The zero-order valence-corrected chi connectivity index (χ0v) is 22.6. The summed E-state index contributed by atoms with van der Waals surface area (Å²) in [4.78, 5) is 63.9. The highest BCUT2D eigenvalue weighted by Crippen LogP contribution is 2.42. The minimum Gasteiger partial charge on any atom is -0.481 e. The van der Waals surface area contributed by atoms with Gasteiger partial charge in [-0.2, -0.15) is 0 Å². The van der Waals surface area contributed by atoms with Crippen LogP contribution >= 0.6 is 46.2 Å². The summed E-state index contributed by atoms with van der Waals surface area (Å²) in [5, 5.41) is 26.3. The Labute approximate surface area is 226 Å². The summed E-state index contributed by atoms with van der Waals surface area (Å²) < 4.78 is 0.617. The first-order chi connectivity index (χ1) is 17.6. The Morgan fingerprint density at radius 3 is 2.73 bits per heavy atom. The second kappa shape index (κ2) is 11.1. The van der Waals surface area contributed by atoms with Gasteiger partial charge in [-0.15, -0.1) is 34.4 Å². The number of nitrogens with two attached hydrogens (primary N) is 1. The molecule has 4 rings (SSSR count). The van der Waals surface area contributed by atoms with Crippen molar-refractivity contribution in [3.63, 3.8) is 0 Å². The Morgan fingerprint density at radius 1 is 1.35 bits per heavy atom. The molecule has 2 amide bonds. The number of nitrogens with zero attached hydrogens (tertiary/aromatic N) is 4. The lowest BCUT2D eigenvalue weighted by atomic mass is 10.0. The molecule has 37 heavy (non-hydrogen) atoms. The molecule has 4 heterocycles. The molecule has 1 saturated heterocycles. The monoisotopic (exact) mass is 584 g/mol. The van der Waals surface area contributed by atoms with E-state index < -0.39 is 35.2 Å². The van der Waals surface area contributed by atoms with E-state index >= 15 is 0 Å². The van der Waals surface area contributed by atoms with Crippen LogP contribution in [-0.2, 0) is 30.4 Å². The van der Waals surface area contributed by atoms with E-state index in [2.05, 4.69) is 20.4 Å². The van der Waals surface area contributed by atoms with Crippen LogP contribution in [0.15, 0.2) is 26.1 Å². The van der Waals surface area contributed by atoms with E-state index in [9.17, 15) is 24.3 Å². The Bertz CT molecular complexity index is 1340. The summed E-state index contributed by atoms with van der Waals surface area (Å²) in [6, 6.07) is -0.959. The van der Waals surface area contributed by atoms with Gasteiger partial charge in [-0.1, -0.05) is 16.9 Å². The molecule has 0 spiro atoms. The van der Waals surface area contributed by atoms with Crippen molar-refractivity contribution < 1.29 is 34.2 Å². The smallest absolute Gasteiger partial charge is 0.352 e. The Kier molecular flexibility index (Phi) is 8.05. The number of thiazole rings is 2. The van der Waals surface area contributed by atoms with E-state index in [-0.39, 0.29) is 34.4 Å². The third-order valence-electron chi connectivity index (χ3n) is 5.25. The van der Waals surface area contributed by atoms with Crippen molar-refractivity contribution in [1.29, 1.82) is 0 Å². The zero-order valence-electron chi connectivity index (χ0n) is 19.3. The van der Waals surface area contributed by atoms with Gasteiger partial charge in [0.05, 0.1) is 12.1 Å². The van der Waals surface area contributed by atoms with Gasteiger partial charge in [0.15, 0.2) is 15.2 Å². The highest BCUT2D eigenvalue weighted by atomic mass is 32.2. The predicted octanol–water partition coefficient (Wildman–Crippen LogP) is 0.999. The number of anilines is 1. The van der Waals surface area contributed by atoms with Gasteiger partial charge in [-0.3, -0.25) is 19.3 Å². The van der Waals surface area contributed by atoms with Crippen LogP contribution in [0.1, 0.15) is 16.3 Å². The number of carboxylic acids is 2. The highest BCUT2D eigenvalue weighted by molar-refractivity contribution is 8.01. The number of nitrogens with one attached hydrogen (secondary N) is 1. The second-order valence-electron chi connectivity index (χ2n) is 7.66. The van der Waals surface area contributed by atoms with Crippen LogP contribution < -0.4 is 11.1 Å². The Balaban J connectivity index is 1.47. The fourth-order valence-electron chi connectivity index (χ4n) is 3.61. The average molecular weight is 585 g/mol. The quantitative estimate of drug-likeness (QED) is 0.134. The summed E-state index contributed by atoms with van der Waals surface area (Å²) >= 11 is 4.98. The molecule has 17 heteroatoms. The van der Waals surface area contributed by atoms with Gasteiger partial charge in [-0.25, -0.2) is 14.8 Å². The Morgan fingerprint density at radius 2 is 2.11 bits per heavy atom. The number of hydrogen-bond acceptors (Lipinski definition) is 13. The number of hydrogen-bond donors (Lipinski definition) is 4. The summed E-state index contributed by atoms with van der Waals surface area (Å²) in [5.41, 5.74) is 6.70. The van der Waals surface area contributed by atoms with Crippen LogP contribution in [-0.4, -0.2) is 84.6 Å². The molecule has 5 N–H and O–H groups in total. The van der Waals surface area contributed by atoms with Crippen molar-refractivity contribution in [2.24, 2.45) is 5.16 Å². The molecule has 0 saturated carbocycles. The minimum atomic E-state index is -1.25. The van der Waals surface area contributed by atoms with Crippen molar-refractivity contribution in [3.05, 3.63) is 32.9 Å². The van der Waals surface area contributed by atoms with Crippen LogP contribution in [0.5, 0.6) is 0 Å². The number of thioether (sulfide) groups is 2. The number of aliphatic carboxylic acids is 2. The van der Waals surface area contributed by atoms with Crippen molar-refractivity contribution in [2.45, 2.75) is 29.1 Å². The first kappa shape index (κ1) is 26.9. The molecular formula is C20H20N6O7S4. The summed E-state index contributed by atoms with van der Waals surface area (Å²) in [6.45, 7) is 1.72. The van der Waals surface area contributed by atoms with Gasteiger partial charge in [-0.05, 0) is 12.5 Å². The maximum absolute atomic E-state index is 13.0. The van der Waals surface area contributed by atoms with Gasteiger partial charge >= 0.3 is 11.9 Å². The predicted molar refractivity (Wildman–Crippen MR) is 139 cm³/mol. The molecule has 0 aromatic carbocycles. The number of nitrogen functional groups attached to an aromatic ring is 1. The third-order valence-corrected chi connectivity index (χ3v) is 9.65. The molecule has 2 aliphatic heterocycles. The number of aromatic nitrogens is 2. The van der Waals surface area contributed by atoms with Gasteiger partial charge in [0.2, 0.25) is 0 Å². The van der Waals surface area contributed by atoms with Crippen LogP contribution in [0, 0.1) is 6.92 Å². The number of amides is 2. The summed E-state index contributed by atoms with van der Waals surface area (Å²) in [6.07, 6.45) is -0.132. The first-order valence-corrected chi connectivity index (χ1v) is 14.2. The van der Waals surface area contributed by atoms with E-state index in [1.165, 1.54) is 52.3 Å². The van der Waals surface area contributed by atoms with Crippen molar-refractivity contribution >= 4 is 80.8 Å². The zero-order chi connectivity index (χ0) is 26.9. The van der Waals surface area contributed by atoms with Crippen LogP contribution in [0.4, 0.5) is 5.13 Å². The standard InChI is InChI=1S/C20H20N6O7S4/c1-7-10(3-11(27)28)37-20(22-7)36-5-8-4-34-17-13(16(30)26(17)14(8)18(31)32)24-15(29)12(25-33-2)9-6-35-19(21)23-9/h6,13,17H,3-5H2,1-2H3,(H2,21,23)(H,24,29)(H,27,28)(H,31,32)/b25-12-/t13-,17-/m0/s1. The molecule has 2 aliphatic rings. The SMILES string of the molecule is CO/N=C(\C(=O)N[C@H]1C(=O)N2C(C(=O)O)=C(CSc3nc(C)c(CC(=O)O)s3)CS[C@@H]12)c1csc(N)n1. The van der Waals surface area contributed by atoms with Crippen molar-refractivity contribution in [1.82, 2.24) is 20.2 Å². The normalized spacial score (nSPS) is 19.4. The lowest BCUT2D eigenvalue weighted by molar-refractivity contribution is -0.150. The van der Waals surface area contributed by atoms with Gasteiger partial charge in [0.25, 0.3) is 11.8 Å². The van der Waals surface area contributed by atoms with Crippen molar-refractivity contribution in [3.8, 4) is 0 Å². The molecule has 196 valence electrons. The third kappa shape index (κ3) is 5.58. The van der Waals surface area contributed by atoms with Gasteiger partial charge < -0.3 is 26.1 Å². The molecule has 1 fully saturated rings. The number of oxime groups is 1. The number of rotatable bonds is 10. The van der Waals surface area contributed by atoms with Crippen LogP contribution in [0.25, 0.3) is 0 Å². The fraction of sp³-hybridized carbons (Fsp3) is 0.350. The lowest BCUT2D eigenvalue weighted by Crippen LogP contribution is -2.71. The van der Waals surface area contributed by atoms with E-state index in [4.69, 9.17) is 15.7 Å². The number of carboxylic acid groups (broad SMARTS) is 2. The largest absolute Gasteiger partial charge is 0.481 e. The molecule has 13 nitrogen and oxygen atoms in total. The molecule has 2 atom stereocenters. The van der Waals surface area contributed by atoms with Crippen LogP contribution in [0.3, 0.4) is 0 Å². The topological polar surface area (TPSA) is 197 Å². The second-order valence-corrected chi connectivity index (χ2v) is 12.0. The maximum Gasteiger partial charge on any atom is 0.352 e. The summed E-state index contributed by atoms with van der Waals surface area (Å²) in [5.74, 6) is -2.89. The summed E-state index contributed by atoms with van der Waals surface area (Å²) in [7, 11) is 1.26. The lowest BCUT2D eigenvalue weighted by Gasteiger charge is -2.49. The molecule has 2 aromatic rings. The Hall–Kier alpha value is -3.15. The molecule has 2 aromatic heterocycles. The van der Waals surface area contributed by atoms with E-state index in [1.807, 2.05) is 0 Å². The molecular weight excluding hydrogens is 565 g/mol. The van der Waals surface area contributed by atoms with Gasteiger partial charge in [0.1, 0.15) is 29.9 Å². The number of β-lactam (4-membered cyclic amide) rings is 1. The van der Waals surface area contributed by atoms with E-state index in [1.54, 1.807) is 6.92 Å². The number of carbonyl (C=O) groups excluding carboxylic acids is 2. The number of fused-ring (bicyclic) bond motifs is 1. The number of carbonyl (C=O) groups is 4.